The molecule has 1 aliphatic carbocycles. The maximum atomic E-state index is 13.1. The molecule has 142 valence electrons. The molecule has 1 aliphatic rings. The standard InChI is InChI=1S/C21H30N2O3/c1-5-11-25-21(10-6-7-16(4)13-21)20(24)23-19-9-8-18(26-15(2)3)12-17(19)14-22/h8-9,12,15-16H,5-7,10-11,13H2,1-4H3,(H,23,24)/t16-,21+/m0/s1. The van der Waals surface area contributed by atoms with E-state index in [2.05, 4.69) is 18.3 Å². The molecule has 0 bridgehead atoms. The molecule has 0 aromatic heterocycles. The van der Waals surface area contributed by atoms with E-state index in [1.54, 1.807) is 18.2 Å². The smallest absolute Gasteiger partial charge is 0.256 e. The van der Waals surface area contributed by atoms with Crippen molar-refractivity contribution in [2.75, 3.05) is 11.9 Å². The van der Waals surface area contributed by atoms with Gasteiger partial charge in [-0.2, -0.15) is 5.26 Å². The minimum atomic E-state index is -0.798. The molecule has 0 heterocycles. The third-order valence-electron chi connectivity index (χ3n) is 4.68. The normalized spacial score (nSPS) is 22.7. The maximum Gasteiger partial charge on any atom is 0.256 e. The van der Waals surface area contributed by atoms with Crippen molar-refractivity contribution in [1.82, 2.24) is 0 Å². The Balaban J connectivity index is 2.21. The van der Waals surface area contributed by atoms with Crippen molar-refractivity contribution in [2.45, 2.75) is 71.5 Å². The van der Waals surface area contributed by atoms with E-state index >= 15 is 0 Å². The number of carbonyl (C=O) groups excluding carboxylic acids is 1. The highest BCUT2D eigenvalue weighted by Crippen LogP contribution is 2.37. The van der Waals surface area contributed by atoms with Crippen molar-refractivity contribution in [3.63, 3.8) is 0 Å². The van der Waals surface area contributed by atoms with E-state index in [1.807, 2.05) is 20.8 Å². The van der Waals surface area contributed by atoms with Gasteiger partial charge in [0.15, 0.2) is 0 Å². The highest BCUT2D eigenvalue weighted by Gasteiger charge is 2.42. The molecular formula is C21H30N2O3. The minimum Gasteiger partial charge on any atom is -0.491 e. The van der Waals surface area contributed by atoms with Crippen molar-refractivity contribution in [2.24, 2.45) is 5.92 Å². The molecule has 0 unspecified atom stereocenters. The van der Waals surface area contributed by atoms with Gasteiger partial charge in [0.25, 0.3) is 5.91 Å². The quantitative estimate of drug-likeness (QED) is 0.769. The lowest BCUT2D eigenvalue weighted by atomic mass is 9.78. The Kier molecular flexibility index (Phi) is 7.05. The molecule has 0 aliphatic heterocycles. The second kappa shape index (κ2) is 9.05. The van der Waals surface area contributed by atoms with E-state index in [1.165, 1.54) is 0 Å². The molecular weight excluding hydrogens is 328 g/mol. The zero-order chi connectivity index (χ0) is 19.2. The molecule has 1 amide bonds. The van der Waals surface area contributed by atoms with Crippen LogP contribution in [0.3, 0.4) is 0 Å². The molecule has 26 heavy (non-hydrogen) atoms. The van der Waals surface area contributed by atoms with Gasteiger partial charge in [0, 0.05) is 12.7 Å². The number of benzene rings is 1. The van der Waals surface area contributed by atoms with E-state index in [9.17, 15) is 10.1 Å². The number of amides is 1. The van der Waals surface area contributed by atoms with Gasteiger partial charge < -0.3 is 14.8 Å². The van der Waals surface area contributed by atoms with E-state index in [0.29, 0.717) is 29.5 Å². The molecule has 5 nitrogen and oxygen atoms in total. The van der Waals surface area contributed by atoms with Crippen molar-refractivity contribution < 1.29 is 14.3 Å². The number of nitrogens with one attached hydrogen (secondary N) is 1. The fourth-order valence-electron chi connectivity index (χ4n) is 3.51. The zero-order valence-corrected chi connectivity index (χ0v) is 16.3. The first-order chi connectivity index (χ1) is 12.4. The molecule has 1 fully saturated rings. The summed E-state index contributed by atoms with van der Waals surface area (Å²) in [6, 6.07) is 7.32. The zero-order valence-electron chi connectivity index (χ0n) is 16.3. The van der Waals surface area contributed by atoms with E-state index in [-0.39, 0.29) is 12.0 Å². The Morgan fingerprint density at radius 1 is 1.46 bits per heavy atom. The van der Waals surface area contributed by atoms with Gasteiger partial charge >= 0.3 is 0 Å². The first kappa shape index (κ1) is 20.3. The highest BCUT2D eigenvalue weighted by atomic mass is 16.5. The Morgan fingerprint density at radius 3 is 2.85 bits per heavy atom. The summed E-state index contributed by atoms with van der Waals surface area (Å²) >= 11 is 0. The summed E-state index contributed by atoms with van der Waals surface area (Å²) < 4.78 is 11.7. The van der Waals surface area contributed by atoms with Crippen molar-refractivity contribution in [3.8, 4) is 11.8 Å². The summed E-state index contributed by atoms with van der Waals surface area (Å²) in [5.74, 6) is 0.924. The van der Waals surface area contributed by atoms with Gasteiger partial charge in [-0.05, 0) is 57.6 Å². The number of nitriles is 1. The van der Waals surface area contributed by atoms with Gasteiger partial charge in [-0.15, -0.1) is 0 Å². The first-order valence-electron chi connectivity index (χ1n) is 9.56. The average Bonchev–Trinajstić information content (AvgIpc) is 2.60. The molecule has 1 aromatic rings. The van der Waals surface area contributed by atoms with Crippen LogP contribution in [0.4, 0.5) is 5.69 Å². The highest BCUT2D eigenvalue weighted by molar-refractivity contribution is 5.98. The second-order valence-corrected chi connectivity index (χ2v) is 7.48. The maximum absolute atomic E-state index is 13.1. The lowest BCUT2D eigenvalue weighted by Crippen LogP contribution is -2.48. The summed E-state index contributed by atoms with van der Waals surface area (Å²) in [5, 5.41) is 12.4. The number of carbonyl (C=O) groups is 1. The number of hydrogen-bond acceptors (Lipinski definition) is 4. The fourth-order valence-corrected chi connectivity index (χ4v) is 3.51. The number of hydrogen-bond donors (Lipinski definition) is 1. The van der Waals surface area contributed by atoms with Crippen LogP contribution < -0.4 is 10.1 Å². The van der Waals surface area contributed by atoms with Crippen LogP contribution in [0.25, 0.3) is 0 Å². The second-order valence-electron chi connectivity index (χ2n) is 7.48. The van der Waals surface area contributed by atoms with Crippen LogP contribution in [0, 0.1) is 17.2 Å². The van der Waals surface area contributed by atoms with Crippen LogP contribution >= 0.6 is 0 Å². The number of rotatable bonds is 7. The number of ether oxygens (including phenoxy) is 2. The van der Waals surface area contributed by atoms with Crippen LogP contribution in [0.2, 0.25) is 0 Å². The van der Waals surface area contributed by atoms with E-state index in [0.717, 1.165) is 32.1 Å². The van der Waals surface area contributed by atoms with Crippen LogP contribution in [-0.2, 0) is 9.53 Å². The SMILES string of the molecule is CCCO[C@]1(C(=O)Nc2ccc(OC(C)C)cc2C#N)CCC[C@H](C)C1. The largest absolute Gasteiger partial charge is 0.491 e. The van der Waals surface area contributed by atoms with Gasteiger partial charge in [0.1, 0.15) is 17.4 Å². The molecule has 1 N–H and O–H groups in total. The topological polar surface area (TPSA) is 71.3 Å². The van der Waals surface area contributed by atoms with Gasteiger partial charge in [-0.3, -0.25) is 4.79 Å². The first-order valence-corrected chi connectivity index (χ1v) is 9.56. The van der Waals surface area contributed by atoms with Crippen LogP contribution in [0.5, 0.6) is 5.75 Å². The lowest BCUT2D eigenvalue weighted by molar-refractivity contribution is -0.148. The summed E-state index contributed by atoms with van der Waals surface area (Å²) in [7, 11) is 0. The Bertz CT molecular complexity index is 666. The number of anilines is 1. The predicted octanol–water partition coefficient (Wildman–Crippen LogP) is 4.66. The van der Waals surface area contributed by atoms with Gasteiger partial charge in [-0.1, -0.05) is 20.3 Å². The predicted molar refractivity (Wildman–Crippen MR) is 102 cm³/mol. The summed E-state index contributed by atoms with van der Waals surface area (Å²) in [6.45, 7) is 8.63. The van der Waals surface area contributed by atoms with Gasteiger partial charge in [0.05, 0.1) is 17.4 Å². The molecule has 1 aromatic carbocycles. The van der Waals surface area contributed by atoms with E-state index in [4.69, 9.17) is 9.47 Å². The molecule has 5 heteroatoms. The summed E-state index contributed by atoms with van der Waals surface area (Å²) in [4.78, 5) is 13.1. The summed E-state index contributed by atoms with van der Waals surface area (Å²) in [6.07, 6.45) is 4.43. The molecule has 1 saturated carbocycles. The van der Waals surface area contributed by atoms with Crippen molar-refractivity contribution >= 4 is 11.6 Å². The molecule has 2 rings (SSSR count). The lowest BCUT2D eigenvalue weighted by Gasteiger charge is -2.38. The van der Waals surface area contributed by atoms with Crippen LogP contribution in [0.1, 0.15) is 65.4 Å². The van der Waals surface area contributed by atoms with Gasteiger partial charge in [0.2, 0.25) is 0 Å². The van der Waals surface area contributed by atoms with Crippen molar-refractivity contribution in [3.05, 3.63) is 23.8 Å². The number of nitrogens with zero attached hydrogens (tertiary/aromatic N) is 1. The Hall–Kier alpha value is -2.06. The molecule has 2 atom stereocenters. The van der Waals surface area contributed by atoms with Crippen LogP contribution in [0.15, 0.2) is 18.2 Å². The third-order valence-corrected chi connectivity index (χ3v) is 4.68. The molecule has 0 spiro atoms. The third kappa shape index (κ3) is 4.98. The monoisotopic (exact) mass is 358 g/mol. The Labute approximate surface area is 156 Å². The molecule has 0 saturated heterocycles. The average molecular weight is 358 g/mol. The van der Waals surface area contributed by atoms with Crippen LogP contribution in [-0.4, -0.2) is 24.2 Å². The summed E-state index contributed by atoms with van der Waals surface area (Å²) in [5.41, 5.74) is 0.102. The van der Waals surface area contributed by atoms with Crippen molar-refractivity contribution in [1.29, 1.82) is 5.26 Å². The molecule has 0 radical (unpaired) electrons. The Morgan fingerprint density at radius 2 is 2.23 bits per heavy atom. The van der Waals surface area contributed by atoms with Gasteiger partial charge in [-0.25, -0.2) is 0 Å². The minimum absolute atomic E-state index is 0.0245. The fraction of sp³-hybridized carbons (Fsp3) is 0.619. The van der Waals surface area contributed by atoms with E-state index < -0.39 is 5.60 Å².